The van der Waals surface area contributed by atoms with Crippen molar-refractivity contribution in [3.63, 3.8) is 0 Å². The molecule has 0 aromatic carbocycles. The van der Waals surface area contributed by atoms with Crippen LogP contribution in [0.4, 0.5) is 0 Å². The number of carbonyl (C=O) groups excluding carboxylic acids is 1. The Bertz CT molecular complexity index is 274. The number of terminal acetylenes is 1. The zero-order valence-electron chi connectivity index (χ0n) is 10.9. The van der Waals surface area contributed by atoms with Crippen LogP contribution in [0.2, 0.25) is 0 Å². The Morgan fingerprint density at radius 1 is 1.47 bits per heavy atom. The Morgan fingerprint density at radius 3 is 2.65 bits per heavy atom. The van der Waals surface area contributed by atoms with Crippen LogP contribution >= 0.6 is 0 Å². The van der Waals surface area contributed by atoms with E-state index in [-0.39, 0.29) is 12.0 Å². The van der Waals surface area contributed by atoms with E-state index in [1.807, 2.05) is 6.92 Å². The molecule has 0 heterocycles. The summed E-state index contributed by atoms with van der Waals surface area (Å²) in [5.74, 6) is 3.53. The van der Waals surface area contributed by atoms with Crippen LogP contribution in [0.25, 0.3) is 0 Å². The summed E-state index contributed by atoms with van der Waals surface area (Å²) >= 11 is 0. The van der Waals surface area contributed by atoms with Crippen molar-refractivity contribution < 1.29 is 9.53 Å². The van der Waals surface area contributed by atoms with E-state index in [4.69, 9.17) is 11.2 Å². The second kappa shape index (κ2) is 7.34. The van der Waals surface area contributed by atoms with Crippen molar-refractivity contribution in [1.29, 1.82) is 0 Å². The van der Waals surface area contributed by atoms with Crippen LogP contribution in [0, 0.1) is 24.2 Å². The van der Waals surface area contributed by atoms with Gasteiger partial charge in [-0.2, -0.15) is 0 Å². The lowest BCUT2D eigenvalue weighted by molar-refractivity contribution is -0.147. The molecular formula is C14H23NO2. The van der Waals surface area contributed by atoms with Gasteiger partial charge < -0.3 is 4.74 Å². The molecule has 3 heteroatoms. The van der Waals surface area contributed by atoms with Crippen molar-refractivity contribution in [3.8, 4) is 12.3 Å². The second-order valence-corrected chi connectivity index (χ2v) is 4.83. The van der Waals surface area contributed by atoms with Crippen molar-refractivity contribution in [2.75, 3.05) is 13.2 Å². The quantitative estimate of drug-likeness (QED) is 0.587. The van der Waals surface area contributed by atoms with Crippen molar-refractivity contribution in [1.82, 2.24) is 5.32 Å². The molecule has 1 unspecified atom stereocenters. The molecule has 1 aliphatic rings. The molecule has 17 heavy (non-hydrogen) atoms. The van der Waals surface area contributed by atoms with Crippen molar-refractivity contribution in [3.05, 3.63) is 0 Å². The largest absolute Gasteiger partial charge is 0.465 e. The monoisotopic (exact) mass is 237 g/mol. The number of esters is 1. The molecule has 0 bridgehead atoms. The maximum absolute atomic E-state index is 11.9. The molecule has 0 aliphatic heterocycles. The molecule has 1 atom stereocenters. The van der Waals surface area contributed by atoms with Crippen molar-refractivity contribution in [2.45, 2.75) is 45.6 Å². The number of hydrogen-bond donors (Lipinski definition) is 1. The first kappa shape index (κ1) is 14.1. The Balaban J connectivity index is 2.55. The van der Waals surface area contributed by atoms with Gasteiger partial charge in [-0.1, -0.05) is 25.7 Å². The van der Waals surface area contributed by atoms with E-state index in [1.165, 1.54) is 12.8 Å². The number of ether oxygens (including phenoxy) is 1. The van der Waals surface area contributed by atoms with Gasteiger partial charge in [-0.05, 0) is 31.6 Å². The molecule has 0 saturated heterocycles. The fraction of sp³-hybridized carbons (Fsp3) is 0.786. The number of rotatable bonds is 5. The summed E-state index contributed by atoms with van der Waals surface area (Å²) in [5, 5.41) is 3.13. The van der Waals surface area contributed by atoms with Gasteiger partial charge in [-0.3, -0.25) is 10.1 Å². The summed E-state index contributed by atoms with van der Waals surface area (Å²) in [5.41, 5.74) is 0. The number of carbonyl (C=O) groups is 1. The lowest BCUT2D eigenvalue weighted by Gasteiger charge is -2.31. The SMILES string of the molecule is C#CCNC(C(=O)OCC)C1CCC(C)CC1. The lowest BCUT2D eigenvalue weighted by atomic mass is 9.79. The Kier molecular flexibility index (Phi) is 6.07. The van der Waals surface area contributed by atoms with Crippen LogP contribution in [0.3, 0.4) is 0 Å². The minimum atomic E-state index is -0.224. The van der Waals surface area contributed by atoms with Crippen LogP contribution < -0.4 is 5.32 Å². The van der Waals surface area contributed by atoms with Gasteiger partial charge >= 0.3 is 5.97 Å². The highest BCUT2D eigenvalue weighted by Crippen LogP contribution is 2.30. The first-order valence-corrected chi connectivity index (χ1v) is 6.52. The zero-order chi connectivity index (χ0) is 12.7. The fourth-order valence-electron chi connectivity index (χ4n) is 2.46. The van der Waals surface area contributed by atoms with Gasteiger partial charge in [-0.15, -0.1) is 6.42 Å². The predicted molar refractivity (Wildman–Crippen MR) is 68.4 cm³/mol. The summed E-state index contributed by atoms with van der Waals surface area (Å²) in [6.45, 7) is 4.95. The summed E-state index contributed by atoms with van der Waals surface area (Å²) in [6.07, 6.45) is 9.79. The molecule has 1 aliphatic carbocycles. The molecule has 1 rings (SSSR count). The number of hydrogen-bond acceptors (Lipinski definition) is 3. The predicted octanol–water partition coefficient (Wildman–Crippen LogP) is 1.97. The van der Waals surface area contributed by atoms with Crippen LogP contribution in [0.5, 0.6) is 0 Å². The molecular weight excluding hydrogens is 214 g/mol. The molecule has 0 aromatic heterocycles. The highest BCUT2D eigenvalue weighted by atomic mass is 16.5. The minimum Gasteiger partial charge on any atom is -0.465 e. The summed E-state index contributed by atoms with van der Waals surface area (Å²) in [7, 11) is 0. The van der Waals surface area contributed by atoms with E-state index < -0.39 is 0 Å². The molecule has 0 spiro atoms. The van der Waals surface area contributed by atoms with E-state index in [2.05, 4.69) is 18.2 Å². The summed E-state index contributed by atoms with van der Waals surface area (Å²) < 4.78 is 5.11. The fourth-order valence-corrected chi connectivity index (χ4v) is 2.46. The minimum absolute atomic E-state index is 0.151. The van der Waals surface area contributed by atoms with E-state index >= 15 is 0 Å². The van der Waals surface area contributed by atoms with Gasteiger partial charge in [0.05, 0.1) is 13.2 Å². The van der Waals surface area contributed by atoms with E-state index in [9.17, 15) is 4.79 Å². The highest BCUT2D eigenvalue weighted by Gasteiger charge is 2.31. The molecule has 3 nitrogen and oxygen atoms in total. The van der Waals surface area contributed by atoms with Gasteiger partial charge in [-0.25, -0.2) is 0 Å². The van der Waals surface area contributed by atoms with Crippen LogP contribution in [-0.4, -0.2) is 25.2 Å². The average molecular weight is 237 g/mol. The van der Waals surface area contributed by atoms with E-state index in [0.29, 0.717) is 19.1 Å². The Morgan fingerprint density at radius 2 is 2.12 bits per heavy atom. The third kappa shape index (κ3) is 4.40. The van der Waals surface area contributed by atoms with Gasteiger partial charge in [0.15, 0.2) is 0 Å². The summed E-state index contributed by atoms with van der Waals surface area (Å²) in [6, 6.07) is -0.224. The molecule has 0 aromatic rings. The van der Waals surface area contributed by atoms with Gasteiger partial charge in [0.1, 0.15) is 6.04 Å². The van der Waals surface area contributed by atoms with Crippen molar-refractivity contribution >= 4 is 5.97 Å². The summed E-state index contributed by atoms with van der Waals surface area (Å²) in [4.78, 5) is 11.9. The van der Waals surface area contributed by atoms with Gasteiger partial charge in [0.2, 0.25) is 0 Å². The third-order valence-electron chi connectivity index (χ3n) is 3.50. The van der Waals surface area contributed by atoms with Gasteiger partial charge in [0, 0.05) is 0 Å². The first-order chi connectivity index (χ1) is 8.19. The maximum Gasteiger partial charge on any atom is 0.323 e. The van der Waals surface area contributed by atoms with E-state index in [1.54, 1.807) is 0 Å². The highest BCUT2D eigenvalue weighted by molar-refractivity contribution is 5.76. The van der Waals surface area contributed by atoms with E-state index in [0.717, 1.165) is 18.8 Å². The molecule has 96 valence electrons. The topological polar surface area (TPSA) is 38.3 Å². The van der Waals surface area contributed by atoms with Crippen LogP contribution in [0.15, 0.2) is 0 Å². The van der Waals surface area contributed by atoms with Crippen molar-refractivity contribution in [2.24, 2.45) is 11.8 Å². The maximum atomic E-state index is 11.9. The molecule has 1 N–H and O–H groups in total. The Labute approximate surface area is 104 Å². The first-order valence-electron chi connectivity index (χ1n) is 6.52. The number of nitrogens with one attached hydrogen (secondary N) is 1. The zero-order valence-corrected chi connectivity index (χ0v) is 10.9. The average Bonchev–Trinajstić information content (AvgIpc) is 2.32. The Hall–Kier alpha value is -1.01. The molecule has 1 saturated carbocycles. The molecule has 0 radical (unpaired) electrons. The smallest absolute Gasteiger partial charge is 0.323 e. The normalized spacial score (nSPS) is 25.9. The third-order valence-corrected chi connectivity index (χ3v) is 3.50. The molecule has 0 amide bonds. The van der Waals surface area contributed by atoms with Crippen LogP contribution in [0.1, 0.15) is 39.5 Å². The van der Waals surface area contributed by atoms with Crippen LogP contribution in [-0.2, 0) is 9.53 Å². The standard InChI is InChI=1S/C14H23NO2/c1-4-10-15-13(14(16)17-5-2)12-8-6-11(3)7-9-12/h1,11-13,15H,5-10H2,2-3H3. The van der Waals surface area contributed by atoms with Gasteiger partial charge in [0.25, 0.3) is 0 Å². The second-order valence-electron chi connectivity index (χ2n) is 4.83. The lowest BCUT2D eigenvalue weighted by Crippen LogP contribution is -2.45. The molecule has 1 fully saturated rings.